The van der Waals surface area contributed by atoms with Crippen molar-refractivity contribution in [2.75, 3.05) is 5.32 Å². The van der Waals surface area contributed by atoms with E-state index >= 15 is 0 Å². The number of nitrogens with one attached hydrogen (secondary N) is 2. The molecule has 0 aliphatic heterocycles. The van der Waals surface area contributed by atoms with Crippen LogP contribution in [0.5, 0.6) is 0 Å². The Morgan fingerprint density at radius 2 is 2.35 bits per heavy atom. The minimum atomic E-state index is -0.543. The van der Waals surface area contributed by atoms with Crippen LogP contribution in [-0.2, 0) is 0 Å². The van der Waals surface area contributed by atoms with Crippen molar-refractivity contribution < 1.29 is 9.72 Å². The molecular formula is C8H7N5O3S. The molecule has 17 heavy (non-hydrogen) atoms. The first-order valence-electron chi connectivity index (χ1n) is 4.51. The number of H-pyrrole nitrogens is 1. The number of aromatic amines is 1. The van der Waals surface area contributed by atoms with Crippen LogP contribution in [-0.4, -0.2) is 26.0 Å². The summed E-state index contributed by atoms with van der Waals surface area (Å²) in [4.78, 5) is 25.7. The van der Waals surface area contributed by atoms with Crippen LogP contribution < -0.4 is 5.32 Å². The van der Waals surface area contributed by atoms with Gasteiger partial charge in [-0.3, -0.25) is 25.3 Å². The van der Waals surface area contributed by atoms with E-state index in [0.29, 0.717) is 5.82 Å². The van der Waals surface area contributed by atoms with E-state index in [1.54, 1.807) is 6.92 Å². The number of aryl methyl sites for hydroxylation is 1. The monoisotopic (exact) mass is 253 g/mol. The molecule has 2 aromatic heterocycles. The molecule has 0 aliphatic rings. The fourth-order valence-electron chi connectivity index (χ4n) is 1.11. The topological polar surface area (TPSA) is 114 Å². The van der Waals surface area contributed by atoms with Gasteiger partial charge in [-0.25, -0.2) is 0 Å². The maximum absolute atomic E-state index is 11.6. The van der Waals surface area contributed by atoms with E-state index in [2.05, 4.69) is 20.5 Å². The van der Waals surface area contributed by atoms with Gasteiger partial charge >= 0.3 is 5.00 Å². The summed E-state index contributed by atoms with van der Waals surface area (Å²) in [6.07, 6.45) is 0. The van der Waals surface area contributed by atoms with Gasteiger partial charge in [0, 0.05) is 6.07 Å². The summed E-state index contributed by atoms with van der Waals surface area (Å²) >= 11 is 0.798. The molecule has 0 unspecified atom stereocenters. The molecule has 1 amide bonds. The Bertz CT molecular complexity index is 575. The smallest absolute Gasteiger partial charge is 0.288 e. The van der Waals surface area contributed by atoms with Crippen LogP contribution in [0.1, 0.15) is 15.5 Å². The predicted molar refractivity (Wildman–Crippen MR) is 60.0 cm³/mol. The van der Waals surface area contributed by atoms with Gasteiger partial charge in [0.2, 0.25) is 5.95 Å². The lowest BCUT2D eigenvalue weighted by molar-refractivity contribution is -0.380. The number of anilines is 1. The van der Waals surface area contributed by atoms with Gasteiger partial charge < -0.3 is 0 Å². The number of hydrogen-bond donors (Lipinski definition) is 2. The van der Waals surface area contributed by atoms with Crippen molar-refractivity contribution in [1.29, 1.82) is 0 Å². The van der Waals surface area contributed by atoms with Crippen LogP contribution in [0.25, 0.3) is 0 Å². The van der Waals surface area contributed by atoms with E-state index in [-0.39, 0.29) is 15.8 Å². The lowest BCUT2D eigenvalue weighted by Gasteiger charge is -1.95. The van der Waals surface area contributed by atoms with Gasteiger partial charge in [0.1, 0.15) is 5.82 Å². The molecule has 2 rings (SSSR count). The first kappa shape index (κ1) is 11.2. The number of carbonyl (C=O) groups excluding carboxylic acids is 1. The lowest BCUT2D eigenvalue weighted by Crippen LogP contribution is -2.11. The molecule has 2 N–H and O–H groups in total. The van der Waals surface area contributed by atoms with Crippen LogP contribution in [0.3, 0.4) is 0 Å². The Morgan fingerprint density at radius 1 is 1.59 bits per heavy atom. The average molecular weight is 253 g/mol. The number of nitrogens with zero attached hydrogens (tertiary/aromatic N) is 3. The Balaban J connectivity index is 2.11. The van der Waals surface area contributed by atoms with Gasteiger partial charge in [0.05, 0.1) is 9.80 Å². The maximum atomic E-state index is 11.6. The van der Waals surface area contributed by atoms with Gasteiger partial charge in [-0.15, -0.1) is 5.10 Å². The van der Waals surface area contributed by atoms with Crippen molar-refractivity contribution >= 4 is 28.2 Å². The molecular weight excluding hydrogens is 246 g/mol. The Hall–Kier alpha value is -2.29. The van der Waals surface area contributed by atoms with E-state index < -0.39 is 10.8 Å². The molecule has 0 aromatic carbocycles. The fourth-order valence-corrected chi connectivity index (χ4v) is 1.83. The zero-order chi connectivity index (χ0) is 12.4. The summed E-state index contributed by atoms with van der Waals surface area (Å²) < 4.78 is 0. The summed E-state index contributed by atoms with van der Waals surface area (Å²) in [5, 5.41) is 19.1. The van der Waals surface area contributed by atoms with E-state index in [1.807, 2.05) is 0 Å². The third-order valence-corrected chi connectivity index (χ3v) is 2.85. The maximum Gasteiger partial charge on any atom is 0.324 e. The van der Waals surface area contributed by atoms with E-state index in [4.69, 9.17) is 0 Å². The third kappa shape index (κ3) is 2.45. The second-order valence-corrected chi connectivity index (χ2v) is 4.16. The van der Waals surface area contributed by atoms with Crippen molar-refractivity contribution in [3.8, 4) is 0 Å². The van der Waals surface area contributed by atoms with Crippen LogP contribution in [0.2, 0.25) is 0 Å². The van der Waals surface area contributed by atoms with Crippen LogP contribution in [0, 0.1) is 17.0 Å². The minimum absolute atomic E-state index is 0.0821. The molecule has 2 heterocycles. The SMILES string of the molecule is Cc1nc(NC(=O)c2ccc([N+](=O)[O-])s2)n[nH]1. The molecule has 0 saturated carbocycles. The van der Waals surface area contributed by atoms with Crippen LogP contribution >= 0.6 is 11.3 Å². The lowest BCUT2D eigenvalue weighted by atomic mass is 10.4. The van der Waals surface area contributed by atoms with Crippen molar-refractivity contribution in [2.45, 2.75) is 6.92 Å². The van der Waals surface area contributed by atoms with Crippen LogP contribution in [0.4, 0.5) is 10.9 Å². The second-order valence-electron chi connectivity index (χ2n) is 3.09. The number of thiophene rings is 1. The Kier molecular flexibility index (Phi) is 2.83. The molecule has 88 valence electrons. The molecule has 0 atom stereocenters. The molecule has 0 radical (unpaired) electrons. The molecule has 0 bridgehead atoms. The van der Waals surface area contributed by atoms with Crippen molar-refractivity contribution in [2.24, 2.45) is 0 Å². The molecule has 9 heteroatoms. The predicted octanol–water partition coefficient (Wildman–Crippen LogP) is 1.34. The van der Waals surface area contributed by atoms with Crippen molar-refractivity contribution in [3.63, 3.8) is 0 Å². The molecule has 0 saturated heterocycles. The zero-order valence-corrected chi connectivity index (χ0v) is 9.45. The highest BCUT2D eigenvalue weighted by Gasteiger charge is 2.16. The first-order valence-corrected chi connectivity index (χ1v) is 5.32. The normalized spacial score (nSPS) is 10.2. The molecule has 0 aliphatic carbocycles. The quantitative estimate of drug-likeness (QED) is 0.632. The number of aromatic nitrogens is 3. The second kappa shape index (κ2) is 4.29. The van der Waals surface area contributed by atoms with Crippen molar-refractivity contribution in [3.05, 3.63) is 32.9 Å². The summed E-state index contributed by atoms with van der Waals surface area (Å²) in [7, 11) is 0. The highest BCUT2D eigenvalue weighted by Crippen LogP contribution is 2.24. The molecule has 2 aromatic rings. The summed E-state index contributed by atoms with van der Waals surface area (Å²) in [6, 6.07) is 2.67. The summed E-state index contributed by atoms with van der Waals surface area (Å²) in [6.45, 7) is 1.69. The summed E-state index contributed by atoms with van der Waals surface area (Å²) in [5.41, 5.74) is 0. The molecule has 0 fully saturated rings. The summed E-state index contributed by atoms with van der Waals surface area (Å²) in [5.74, 6) is 0.239. The Morgan fingerprint density at radius 3 is 2.88 bits per heavy atom. The first-order chi connectivity index (χ1) is 8.06. The van der Waals surface area contributed by atoms with E-state index in [0.717, 1.165) is 11.3 Å². The van der Waals surface area contributed by atoms with Crippen molar-refractivity contribution in [1.82, 2.24) is 15.2 Å². The highest BCUT2D eigenvalue weighted by atomic mass is 32.1. The van der Waals surface area contributed by atoms with Gasteiger partial charge in [0.15, 0.2) is 0 Å². The number of carbonyl (C=O) groups is 1. The largest absolute Gasteiger partial charge is 0.324 e. The zero-order valence-electron chi connectivity index (χ0n) is 8.63. The minimum Gasteiger partial charge on any atom is -0.288 e. The van der Waals surface area contributed by atoms with Crippen LogP contribution in [0.15, 0.2) is 12.1 Å². The third-order valence-electron chi connectivity index (χ3n) is 1.82. The molecule has 0 spiro atoms. The molecule has 8 nitrogen and oxygen atoms in total. The number of rotatable bonds is 3. The average Bonchev–Trinajstić information content (AvgIpc) is 2.86. The number of hydrogen-bond acceptors (Lipinski definition) is 6. The van der Waals surface area contributed by atoms with Gasteiger partial charge in [0.25, 0.3) is 5.91 Å². The number of nitro groups is 1. The standard InChI is InChI=1S/C8H7N5O3S/c1-4-9-8(12-11-4)10-7(14)5-2-3-6(17-5)13(15)16/h2-3H,1H3,(H2,9,10,11,12,14). The Labute approximate surface area is 98.8 Å². The number of amides is 1. The van der Waals surface area contributed by atoms with Gasteiger partial charge in [-0.1, -0.05) is 11.3 Å². The fraction of sp³-hybridized carbons (Fsp3) is 0.125. The highest BCUT2D eigenvalue weighted by molar-refractivity contribution is 7.17. The van der Waals surface area contributed by atoms with E-state index in [9.17, 15) is 14.9 Å². The van der Waals surface area contributed by atoms with Gasteiger partial charge in [-0.2, -0.15) is 4.98 Å². The van der Waals surface area contributed by atoms with E-state index in [1.165, 1.54) is 12.1 Å². The van der Waals surface area contributed by atoms with Gasteiger partial charge in [-0.05, 0) is 13.0 Å².